The Kier molecular flexibility index (Phi) is 3.11. The number of allylic oxidation sites excluding steroid dienone is 1. The van der Waals surface area contributed by atoms with Crippen LogP contribution in [0.5, 0.6) is 0 Å². The van der Waals surface area contributed by atoms with Gasteiger partial charge in [0.1, 0.15) is 12.2 Å². The van der Waals surface area contributed by atoms with Gasteiger partial charge < -0.3 is 14.2 Å². The predicted molar refractivity (Wildman–Crippen MR) is 50.3 cm³/mol. The maximum absolute atomic E-state index is 5.24. The van der Waals surface area contributed by atoms with Crippen LogP contribution in [0.3, 0.4) is 0 Å². The summed E-state index contributed by atoms with van der Waals surface area (Å²) in [4.78, 5) is 0. The summed E-state index contributed by atoms with van der Waals surface area (Å²) < 4.78 is 15.2. The number of rotatable bonds is 2. The largest absolute Gasteiger partial charge is 0.345 e. The number of ether oxygens (including phenoxy) is 3. The highest BCUT2D eigenvalue weighted by Gasteiger charge is 2.52. The first kappa shape index (κ1) is 10.7. The Bertz CT molecular complexity index is 190. The molecule has 0 spiro atoms. The van der Waals surface area contributed by atoms with E-state index >= 15 is 0 Å². The molecule has 0 aliphatic carbocycles. The van der Waals surface area contributed by atoms with Crippen LogP contribution >= 0.6 is 0 Å². The quantitative estimate of drug-likeness (QED) is 0.489. The maximum atomic E-state index is 5.24. The van der Waals surface area contributed by atoms with Crippen molar-refractivity contribution in [1.29, 1.82) is 0 Å². The summed E-state index contributed by atoms with van der Waals surface area (Å²) in [5.74, 6) is 0. The molecule has 76 valence electrons. The van der Waals surface area contributed by atoms with Crippen molar-refractivity contribution in [2.75, 3.05) is 6.61 Å². The Labute approximate surface area is 79.7 Å². The van der Waals surface area contributed by atoms with Crippen molar-refractivity contribution < 1.29 is 14.2 Å². The summed E-state index contributed by atoms with van der Waals surface area (Å²) in [7, 11) is 0. The van der Waals surface area contributed by atoms with Gasteiger partial charge in [0.15, 0.2) is 12.6 Å². The van der Waals surface area contributed by atoms with E-state index in [1.165, 1.54) is 5.57 Å². The SMILES string of the molecule is C=C(C)C.CC1(C)OC1OC1CO1. The van der Waals surface area contributed by atoms with Crippen LogP contribution in [0.25, 0.3) is 0 Å². The van der Waals surface area contributed by atoms with Gasteiger partial charge in [-0.25, -0.2) is 0 Å². The fourth-order valence-corrected chi connectivity index (χ4v) is 0.689. The summed E-state index contributed by atoms with van der Waals surface area (Å²) >= 11 is 0. The number of epoxide rings is 2. The third kappa shape index (κ3) is 4.41. The van der Waals surface area contributed by atoms with Gasteiger partial charge in [0, 0.05) is 0 Å². The zero-order valence-corrected chi connectivity index (χ0v) is 8.79. The van der Waals surface area contributed by atoms with Crippen molar-refractivity contribution >= 4 is 0 Å². The minimum atomic E-state index is -0.0635. The Morgan fingerprint density at radius 1 is 1.46 bits per heavy atom. The van der Waals surface area contributed by atoms with E-state index in [1.807, 2.05) is 27.7 Å². The molecule has 2 rings (SSSR count). The van der Waals surface area contributed by atoms with Gasteiger partial charge in [-0.2, -0.15) is 0 Å². The minimum absolute atomic E-state index is 0.0231. The molecule has 0 aromatic rings. The maximum Gasteiger partial charge on any atom is 0.190 e. The van der Waals surface area contributed by atoms with E-state index in [0.29, 0.717) is 0 Å². The van der Waals surface area contributed by atoms with Crippen molar-refractivity contribution in [3.05, 3.63) is 12.2 Å². The van der Waals surface area contributed by atoms with E-state index in [1.54, 1.807) is 0 Å². The van der Waals surface area contributed by atoms with Crippen molar-refractivity contribution in [1.82, 2.24) is 0 Å². The Balaban J connectivity index is 0.000000184. The fraction of sp³-hybridized carbons (Fsp3) is 0.800. The molecule has 2 aliphatic rings. The van der Waals surface area contributed by atoms with Crippen LogP contribution in [0.2, 0.25) is 0 Å². The third-order valence-electron chi connectivity index (χ3n) is 1.50. The highest BCUT2D eigenvalue weighted by Crippen LogP contribution is 2.38. The average Bonchev–Trinajstić information content (AvgIpc) is 2.75. The Hall–Kier alpha value is -0.380. The summed E-state index contributed by atoms with van der Waals surface area (Å²) in [6, 6.07) is 0. The summed E-state index contributed by atoms with van der Waals surface area (Å²) in [6.07, 6.45) is 0.00164. The second-order valence-electron chi connectivity index (χ2n) is 4.16. The molecular formula is C10H18O3. The zero-order chi connectivity index (χ0) is 10.1. The average molecular weight is 186 g/mol. The molecular weight excluding hydrogens is 168 g/mol. The molecule has 2 aliphatic heterocycles. The van der Waals surface area contributed by atoms with Crippen LogP contribution < -0.4 is 0 Å². The first-order valence-corrected chi connectivity index (χ1v) is 4.49. The van der Waals surface area contributed by atoms with Crippen LogP contribution in [0.15, 0.2) is 12.2 Å². The first-order chi connectivity index (χ1) is 5.92. The van der Waals surface area contributed by atoms with E-state index in [2.05, 4.69) is 6.58 Å². The molecule has 2 heterocycles. The summed E-state index contributed by atoms with van der Waals surface area (Å²) in [5.41, 5.74) is 1.10. The molecule has 0 aromatic heterocycles. The van der Waals surface area contributed by atoms with Gasteiger partial charge in [-0.3, -0.25) is 0 Å². The van der Waals surface area contributed by atoms with E-state index in [9.17, 15) is 0 Å². The van der Waals surface area contributed by atoms with Crippen molar-refractivity contribution in [2.45, 2.75) is 45.9 Å². The summed E-state index contributed by atoms with van der Waals surface area (Å²) in [5, 5.41) is 0. The molecule has 0 amide bonds. The minimum Gasteiger partial charge on any atom is -0.345 e. The van der Waals surface area contributed by atoms with E-state index in [0.717, 1.165) is 6.61 Å². The lowest BCUT2D eigenvalue weighted by atomic mass is 10.2. The zero-order valence-electron chi connectivity index (χ0n) is 8.79. The standard InChI is InChI=1S/C6H10O3.C4H8/c1-6(2)5(9-6)8-4-3-7-4;1-4(2)3/h4-5H,3H2,1-2H3;1H2,2-3H3. The predicted octanol–water partition coefficient (Wildman–Crippen LogP) is 2.08. The van der Waals surface area contributed by atoms with Crippen LogP contribution in [0, 0.1) is 0 Å². The lowest BCUT2D eigenvalue weighted by Gasteiger charge is -1.93. The second kappa shape index (κ2) is 3.78. The molecule has 0 aromatic carbocycles. The van der Waals surface area contributed by atoms with Crippen LogP contribution in [-0.4, -0.2) is 24.8 Å². The number of hydrogen-bond donors (Lipinski definition) is 0. The molecule has 3 heteroatoms. The van der Waals surface area contributed by atoms with Gasteiger partial charge in [-0.05, 0) is 27.7 Å². The molecule has 0 saturated carbocycles. The normalized spacial score (nSPS) is 32.9. The van der Waals surface area contributed by atoms with Gasteiger partial charge in [-0.1, -0.05) is 5.57 Å². The molecule has 0 bridgehead atoms. The van der Waals surface area contributed by atoms with Gasteiger partial charge in [-0.15, -0.1) is 6.58 Å². The van der Waals surface area contributed by atoms with E-state index in [-0.39, 0.29) is 18.2 Å². The lowest BCUT2D eigenvalue weighted by Crippen LogP contribution is -2.08. The van der Waals surface area contributed by atoms with Crippen molar-refractivity contribution in [2.24, 2.45) is 0 Å². The van der Waals surface area contributed by atoms with Gasteiger partial charge in [0.25, 0.3) is 0 Å². The molecule has 2 saturated heterocycles. The van der Waals surface area contributed by atoms with Gasteiger partial charge in [0.05, 0.1) is 0 Å². The van der Waals surface area contributed by atoms with E-state index < -0.39 is 0 Å². The fourth-order valence-electron chi connectivity index (χ4n) is 0.689. The lowest BCUT2D eigenvalue weighted by molar-refractivity contribution is -0.0103. The van der Waals surface area contributed by atoms with Gasteiger partial charge in [0.2, 0.25) is 0 Å². The van der Waals surface area contributed by atoms with E-state index in [4.69, 9.17) is 14.2 Å². The molecule has 0 N–H and O–H groups in total. The molecule has 3 nitrogen and oxygen atoms in total. The molecule has 2 unspecified atom stereocenters. The summed E-state index contributed by atoms with van der Waals surface area (Å²) in [6.45, 7) is 12.2. The highest BCUT2D eigenvalue weighted by molar-refractivity contribution is 4.88. The van der Waals surface area contributed by atoms with Crippen LogP contribution in [0.1, 0.15) is 27.7 Å². The smallest absolute Gasteiger partial charge is 0.190 e. The number of hydrogen-bond acceptors (Lipinski definition) is 3. The Morgan fingerprint density at radius 3 is 2.08 bits per heavy atom. The van der Waals surface area contributed by atoms with Crippen molar-refractivity contribution in [3.63, 3.8) is 0 Å². The van der Waals surface area contributed by atoms with Crippen LogP contribution in [0.4, 0.5) is 0 Å². The van der Waals surface area contributed by atoms with Gasteiger partial charge >= 0.3 is 0 Å². The molecule has 0 radical (unpaired) electrons. The molecule has 2 atom stereocenters. The second-order valence-corrected chi connectivity index (χ2v) is 4.16. The molecule has 2 fully saturated rings. The topological polar surface area (TPSA) is 34.3 Å². The first-order valence-electron chi connectivity index (χ1n) is 4.49. The highest BCUT2D eigenvalue weighted by atomic mass is 16.9. The molecule has 13 heavy (non-hydrogen) atoms. The van der Waals surface area contributed by atoms with Crippen molar-refractivity contribution in [3.8, 4) is 0 Å². The third-order valence-corrected chi connectivity index (χ3v) is 1.50. The Morgan fingerprint density at radius 2 is 1.85 bits per heavy atom. The monoisotopic (exact) mass is 186 g/mol. The van der Waals surface area contributed by atoms with Crippen LogP contribution in [-0.2, 0) is 14.2 Å².